The van der Waals surface area contributed by atoms with Crippen LogP contribution < -0.4 is 5.32 Å². The molecular weight excluding hydrogens is 250 g/mol. The van der Waals surface area contributed by atoms with Crippen LogP contribution in [0.4, 0.5) is 0 Å². The zero-order valence-corrected chi connectivity index (χ0v) is 12.9. The summed E-state index contributed by atoms with van der Waals surface area (Å²) in [5.74, 6) is 0. The lowest BCUT2D eigenvalue weighted by atomic mass is 10.2. The topological polar surface area (TPSA) is 47.7 Å². The fraction of sp³-hybridized carbons (Fsp3) is 0.600. The Balaban J connectivity index is 1.88. The van der Waals surface area contributed by atoms with E-state index in [1.165, 1.54) is 5.69 Å². The molecule has 5 nitrogen and oxygen atoms in total. The summed E-state index contributed by atoms with van der Waals surface area (Å²) >= 11 is 0. The molecule has 0 aliphatic heterocycles. The highest BCUT2D eigenvalue weighted by molar-refractivity contribution is 5.03. The van der Waals surface area contributed by atoms with Crippen molar-refractivity contribution in [2.24, 2.45) is 0 Å². The summed E-state index contributed by atoms with van der Waals surface area (Å²) in [5.41, 5.74) is 2.30. The molecule has 0 radical (unpaired) electrons. The van der Waals surface area contributed by atoms with Crippen LogP contribution in [0.1, 0.15) is 57.6 Å². The molecule has 2 heterocycles. The molecule has 0 fully saturated rings. The van der Waals surface area contributed by atoms with E-state index in [1.54, 1.807) is 0 Å². The van der Waals surface area contributed by atoms with E-state index in [1.807, 2.05) is 17.1 Å². The molecule has 2 rings (SSSR count). The van der Waals surface area contributed by atoms with Gasteiger partial charge in [-0.05, 0) is 39.3 Å². The third-order valence-electron chi connectivity index (χ3n) is 3.57. The summed E-state index contributed by atoms with van der Waals surface area (Å²) < 4.78 is 4.08. The SMILES string of the molecule is CC[C@@H](C)n1nccc1CNCc1ccn(C(C)C)n1. The van der Waals surface area contributed by atoms with Gasteiger partial charge in [0.15, 0.2) is 0 Å². The molecule has 0 aliphatic rings. The minimum absolute atomic E-state index is 0.413. The number of hydrogen-bond acceptors (Lipinski definition) is 3. The molecule has 0 saturated carbocycles. The van der Waals surface area contributed by atoms with Gasteiger partial charge in [0.2, 0.25) is 0 Å². The van der Waals surface area contributed by atoms with E-state index >= 15 is 0 Å². The van der Waals surface area contributed by atoms with Crippen molar-refractivity contribution in [1.82, 2.24) is 24.9 Å². The van der Waals surface area contributed by atoms with Gasteiger partial charge in [0, 0.05) is 37.6 Å². The molecule has 0 saturated heterocycles. The first-order valence-electron chi connectivity index (χ1n) is 7.39. The van der Waals surface area contributed by atoms with Crippen LogP contribution in [0.5, 0.6) is 0 Å². The number of rotatable bonds is 7. The van der Waals surface area contributed by atoms with Gasteiger partial charge in [-0.25, -0.2) is 0 Å². The van der Waals surface area contributed by atoms with Gasteiger partial charge in [0.25, 0.3) is 0 Å². The Bertz CT molecular complexity index is 526. The maximum Gasteiger partial charge on any atom is 0.0762 e. The van der Waals surface area contributed by atoms with E-state index in [0.717, 1.165) is 25.2 Å². The van der Waals surface area contributed by atoms with E-state index in [0.29, 0.717) is 12.1 Å². The van der Waals surface area contributed by atoms with Crippen LogP contribution in [-0.4, -0.2) is 19.6 Å². The van der Waals surface area contributed by atoms with Crippen molar-refractivity contribution < 1.29 is 0 Å². The maximum absolute atomic E-state index is 4.53. The van der Waals surface area contributed by atoms with Crippen LogP contribution in [-0.2, 0) is 13.1 Å². The summed E-state index contributed by atoms with van der Waals surface area (Å²) in [6.45, 7) is 10.2. The van der Waals surface area contributed by atoms with Crippen LogP contribution >= 0.6 is 0 Å². The number of aromatic nitrogens is 4. The first kappa shape index (κ1) is 14.8. The predicted octanol–water partition coefficient (Wildman–Crippen LogP) is 2.92. The highest BCUT2D eigenvalue weighted by Gasteiger charge is 2.08. The van der Waals surface area contributed by atoms with Crippen molar-refractivity contribution in [3.8, 4) is 0 Å². The number of nitrogens with zero attached hydrogens (tertiary/aromatic N) is 4. The minimum Gasteiger partial charge on any atom is -0.305 e. The second-order valence-electron chi connectivity index (χ2n) is 5.51. The molecule has 2 aromatic rings. The quantitative estimate of drug-likeness (QED) is 0.845. The van der Waals surface area contributed by atoms with E-state index < -0.39 is 0 Å². The van der Waals surface area contributed by atoms with Crippen molar-refractivity contribution in [1.29, 1.82) is 0 Å². The molecule has 0 bridgehead atoms. The Kier molecular flexibility index (Phi) is 4.95. The average molecular weight is 275 g/mol. The van der Waals surface area contributed by atoms with Gasteiger partial charge in [-0.15, -0.1) is 0 Å². The zero-order valence-electron chi connectivity index (χ0n) is 12.9. The normalized spacial score (nSPS) is 13.1. The van der Waals surface area contributed by atoms with Crippen LogP contribution in [0.15, 0.2) is 24.5 Å². The van der Waals surface area contributed by atoms with E-state index in [9.17, 15) is 0 Å². The summed E-state index contributed by atoms with van der Waals surface area (Å²) in [6, 6.07) is 5.00. The lowest BCUT2D eigenvalue weighted by molar-refractivity contribution is 0.450. The Morgan fingerprint density at radius 1 is 1.20 bits per heavy atom. The van der Waals surface area contributed by atoms with Gasteiger partial charge in [0.05, 0.1) is 11.4 Å². The van der Waals surface area contributed by atoms with Gasteiger partial charge < -0.3 is 5.32 Å². The Labute approximate surface area is 121 Å². The lowest BCUT2D eigenvalue weighted by Crippen LogP contribution is -2.18. The maximum atomic E-state index is 4.53. The Morgan fingerprint density at radius 2 is 2.00 bits per heavy atom. The monoisotopic (exact) mass is 275 g/mol. The fourth-order valence-electron chi connectivity index (χ4n) is 2.13. The zero-order chi connectivity index (χ0) is 14.5. The lowest BCUT2D eigenvalue weighted by Gasteiger charge is -2.13. The van der Waals surface area contributed by atoms with Crippen molar-refractivity contribution in [3.05, 3.63) is 35.9 Å². The summed E-state index contributed by atoms with van der Waals surface area (Å²) in [7, 11) is 0. The van der Waals surface area contributed by atoms with Crippen molar-refractivity contribution in [3.63, 3.8) is 0 Å². The largest absolute Gasteiger partial charge is 0.305 e. The molecule has 1 atom stereocenters. The third-order valence-corrected chi connectivity index (χ3v) is 3.57. The predicted molar refractivity (Wildman–Crippen MR) is 80.4 cm³/mol. The Morgan fingerprint density at radius 3 is 2.65 bits per heavy atom. The van der Waals surface area contributed by atoms with Crippen LogP contribution in [0.3, 0.4) is 0 Å². The first-order valence-corrected chi connectivity index (χ1v) is 7.39. The fourth-order valence-corrected chi connectivity index (χ4v) is 2.13. The van der Waals surface area contributed by atoms with Crippen molar-refractivity contribution >= 4 is 0 Å². The molecule has 0 aromatic carbocycles. The third kappa shape index (κ3) is 3.48. The van der Waals surface area contributed by atoms with Gasteiger partial charge in [-0.3, -0.25) is 9.36 Å². The highest BCUT2D eigenvalue weighted by atomic mass is 15.3. The highest BCUT2D eigenvalue weighted by Crippen LogP contribution is 2.12. The molecule has 0 spiro atoms. The second-order valence-corrected chi connectivity index (χ2v) is 5.51. The van der Waals surface area contributed by atoms with Gasteiger partial charge >= 0.3 is 0 Å². The van der Waals surface area contributed by atoms with E-state index in [4.69, 9.17) is 0 Å². The standard InChI is InChI=1S/C15H25N5/c1-5-13(4)20-15(6-8-17-20)11-16-10-14-7-9-19(18-14)12(2)3/h6-9,12-13,16H,5,10-11H2,1-4H3/t13-/m1/s1. The smallest absolute Gasteiger partial charge is 0.0762 e. The number of nitrogens with one attached hydrogen (secondary N) is 1. The first-order chi connectivity index (χ1) is 9.61. The molecule has 5 heteroatoms. The van der Waals surface area contributed by atoms with Crippen molar-refractivity contribution in [2.45, 2.75) is 59.3 Å². The summed E-state index contributed by atoms with van der Waals surface area (Å²) in [5, 5.41) is 12.4. The average Bonchev–Trinajstić information content (AvgIpc) is 3.07. The molecule has 20 heavy (non-hydrogen) atoms. The molecule has 0 unspecified atom stereocenters. The summed E-state index contributed by atoms with van der Waals surface area (Å²) in [6.07, 6.45) is 5.00. The molecule has 1 N–H and O–H groups in total. The van der Waals surface area contributed by atoms with Crippen LogP contribution in [0.2, 0.25) is 0 Å². The number of hydrogen-bond donors (Lipinski definition) is 1. The van der Waals surface area contributed by atoms with Gasteiger partial charge in [-0.2, -0.15) is 10.2 Å². The molecule has 0 amide bonds. The van der Waals surface area contributed by atoms with Crippen molar-refractivity contribution in [2.75, 3.05) is 0 Å². The molecular formula is C15H25N5. The second kappa shape index (κ2) is 6.70. The van der Waals surface area contributed by atoms with Crippen LogP contribution in [0.25, 0.3) is 0 Å². The van der Waals surface area contributed by atoms with Gasteiger partial charge in [-0.1, -0.05) is 6.92 Å². The summed E-state index contributed by atoms with van der Waals surface area (Å²) in [4.78, 5) is 0. The Hall–Kier alpha value is -1.62. The van der Waals surface area contributed by atoms with Crippen LogP contribution in [0, 0.1) is 0 Å². The minimum atomic E-state index is 0.413. The van der Waals surface area contributed by atoms with E-state index in [-0.39, 0.29) is 0 Å². The molecule has 110 valence electrons. The van der Waals surface area contributed by atoms with E-state index in [2.05, 4.69) is 60.0 Å². The molecule has 2 aromatic heterocycles. The molecule has 0 aliphatic carbocycles. The van der Waals surface area contributed by atoms with Gasteiger partial charge in [0.1, 0.15) is 0 Å².